The maximum absolute atomic E-state index is 13.0. The van der Waals surface area contributed by atoms with Crippen LogP contribution in [0.15, 0.2) is 71.6 Å². The van der Waals surface area contributed by atoms with Crippen molar-refractivity contribution < 1.29 is 13.2 Å². The molecular weight excluding hydrogens is 408 g/mol. The molecule has 3 rings (SSSR count). The van der Waals surface area contributed by atoms with E-state index in [1.807, 2.05) is 57.2 Å². The van der Waals surface area contributed by atoms with Gasteiger partial charge >= 0.3 is 0 Å². The minimum Gasteiger partial charge on any atom is -0.345 e. The van der Waals surface area contributed by atoms with Crippen molar-refractivity contribution in [3.63, 3.8) is 0 Å². The maximum atomic E-state index is 13.0. The highest BCUT2D eigenvalue weighted by atomic mass is 32.2. The lowest BCUT2D eigenvalue weighted by atomic mass is 10.0. The molecule has 1 amide bonds. The van der Waals surface area contributed by atoms with Gasteiger partial charge in [-0.1, -0.05) is 61.0 Å². The second-order valence-corrected chi connectivity index (χ2v) is 9.40. The summed E-state index contributed by atoms with van der Waals surface area (Å²) in [4.78, 5) is 13.0. The number of hydrogen-bond acceptors (Lipinski definition) is 3. The normalized spacial score (nSPS) is 12.3. The third-order valence-electron chi connectivity index (χ3n) is 5.32. The van der Waals surface area contributed by atoms with E-state index in [2.05, 4.69) is 10.0 Å². The van der Waals surface area contributed by atoms with Gasteiger partial charge in [-0.3, -0.25) is 9.52 Å². The van der Waals surface area contributed by atoms with Crippen molar-refractivity contribution in [3.8, 4) is 0 Å². The highest BCUT2D eigenvalue weighted by molar-refractivity contribution is 7.92. The fourth-order valence-electron chi connectivity index (χ4n) is 3.38. The number of anilines is 1. The molecule has 0 aliphatic rings. The molecule has 2 N–H and O–H groups in total. The summed E-state index contributed by atoms with van der Waals surface area (Å²) >= 11 is 0. The van der Waals surface area contributed by atoms with Crippen molar-refractivity contribution in [1.82, 2.24) is 5.32 Å². The van der Waals surface area contributed by atoms with E-state index in [4.69, 9.17) is 0 Å². The first-order chi connectivity index (χ1) is 14.7. The van der Waals surface area contributed by atoms with Crippen LogP contribution in [0, 0.1) is 20.8 Å². The summed E-state index contributed by atoms with van der Waals surface area (Å²) < 4.78 is 28.7. The Morgan fingerprint density at radius 3 is 2.23 bits per heavy atom. The molecule has 5 nitrogen and oxygen atoms in total. The van der Waals surface area contributed by atoms with Crippen molar-refractivity contribution in [1.29, 1.82) is 0 Å². The van der Waals surface area contributed by atoms with Gasteiger partial charge in [0.05, 0.1) is 16.6 Å². The Labute approximate surface area is 184 Å². The van der Waals surface area contributed by atoms with Crippen LogP contribution in [-0.4, -0.2) is 14.3 Å². The molecular formula is C25H28N2O3S. The predicted octanol–water partition coefficient (Wildman–Crippen LogP) is 5.29. The molecule has 162 valence electrons. The second kappa shape index (κ2) is 9.35. The molecule has 3 aromatic rings. The van der Waals surface area contributed by atoms with Crippen molar-refractivity contribution in [3.05, 3.63) is 94.5 Å². The molecule has 0 heterocycles. The molecule has 1 unspecified atom stereocenters. The topological polar surface area (TPSA) is 75.3 Å². The van der Waals surface area contributed by atoms with Gasteiger partial charge < -0.3 is 5.32 Å². The largest absolute Gasteiger partial charge is 0.345 e. The lowest BCUT2D eigenvalue weighted by Gasteiger charge is -2.18. The molecule has 0 aliphatic carbocycles. The number of carbonyl (C=O) groups excluding carboxylic acids is 1. The van der Waals surface area contributed by atoms with Crippen molar-refractivity contribution in [2.45, 2.75) is 45.1 Å². The quantitative estimate of drug-likeness (QED) is 0.528. The zero-order valence-corrected chi connectivity index (χ0v) is 19.1. The van der Waals surface area contributed by atoms with Crippen LogP contribution in [0.3, 0.4) is 0 Å². The van der Waals surface area contributed by atoms with E-state index < -0.39 is 10.0 Å². The molecule has 0 spiro atoms. The highest BCUT2D eigenvalue weighted by Gasteiger charge is 2.21. The summed E-state index contributed by atoms with van der Waals surface area (Å²) in [6, 6.07) is 19.8. The Hall–Kier alpha value is -3.12. The molecule has 0 bridgehead atoms. The smallest absolute Gasteiger partial charge is 0.262 e. The fraction of sp³-hybridized carbons (Fsp3) is 0.240. The number of benzene rings is 3. The number of sulfonamides is 1. The summed E-state index contributed by atoms with van der Waals surface area (Å²) in [7, 11) is -3.84. The third-order valence-corrected chi connectivity index (χ3v) is 6.83. The average Bonchev–Trinajstić information content (AvgIpc) is 2.74. The molecule has 0 saturated carbocycles. The van der Waals surface area contributed by atoms with Crippen LogP contribution >= 0.6 is 0 Å². The maximum Gasteiger partial charge on any atom is 0.262 e. The predicted molar refractivity (Wildman–Crippen MR) is 125 cm³/mol. The van der Waals surface area contributed by atoms with Crippen LogP contribution in [0.25, 0.3) is 0 Å². The van der Waals surface area contributed by atoms with Crippen LogP contribution in [0.2, 0.25) is 0 Å². The molecule has 0 fully saturated rings. The van der Waals surface area contributed by atoms with Crippen LogP contribution in [0.5, 0.6) is 0 Å². The van der Waals surface area contributed by atoms with Gasteiger partial charge in [0.15, 0.2) is 0 Å². The van der Waals surface area contributed by atoms with E-state index in [1.54, 1.807) is 31.2 Å². The number of nitrogens with one attached hydrogen (secondary N) is 2. The second-order valence-electron chi connectivity index (χ2n) is 7.75. The van der Waals surface area contributed by atoms with Crippen LogP contribution in [0.4, 0.5) is 5.69 Å². The monoisotopic (exact) mass is 436 g/mol. The number of rotatable bonds is 7. The Kier molecular flexibility index (Phi) is 6.81. The van der Waals surface area contributed by atoms with Crippen molar-refractivity contribution in [2.24, 2.45) is 0 Å². The van der Waals surface area contributed by atoms with Crippen LogP contribution in [-0.2, 0) is 10.0 Å². The zero-order chi connectivity index (χ0) is 22.6. The van der Waals surface area contributed by atoms with Crippen LogP contribution in [0.1, 0.15) is 52.0 Å². The van der Waals surface area contributed by atoms with Gasteiger partial charge in [0, 0.05) is 5.56 Å². The highest BCUT2D eigenvalue weighted by Crippen LogP contribution is 2.24. The van der Waals surface area contributed by atoms with Gasteiger partial charge in [-0.05, 0) is 62.1 Å². The molecule has 1 atom stereocenters. The molecule has 0 aliphatic heterocycles. The molecule has 31 heavy (non-hydrogen) atoms. The van der Waals surface area contributed by atoms with Crippen molar-refractivity contribution >= 4 is 21.6 Å². The standard InChI is InChI=1S/C25H28N2O3S/c1-5-22(20-13-10-17(2)11-14-20)26-25(28)21-15-12-19(4)24(16-21)31(29,30)27-23-9-7-6-8-18(23)3/h6-16,22,27H,5H2,1-4H3,(H,26,28). The molecule has 0 aromatic heterocycles. The number of hydrogen-bond donors (Lipinski definition) is 2. The van der Waals surface area contributed by atoms with Gasteiger partial charge in [-0.2, -0.15) is 0 Å². The summed E-state index contributed by atoms with van der Waals surface area (Å²) in [6.07, 6.45) is 0.723. The van der Waals surface area contributed by atoms with E-state index >= 15 is 0 Å². The number of amides is 1. The lowest BCUT2D eigenvalue weighted by molar-refractivity contribution is 0.0935. The lowest BCUT2D eigenvalue weighted by Crippen LogP contribution is -2.28. The van der Waals surface area contributed by atoms with Gasteiger partial charge in [0.25, 0.3) is 15.9 Å². The summed E-state index contributed by atoms with van der Waals surface area (Å²) in [5, 5.41) is 3.02. The SMILES string of the molecule is CCC(NC(=O)c1ccc(C)c(S(=O)(=O)Nc2ccccc2C)c1)c1ccc(C)cc1. The summed E-state index contributed by atoms with van der Waals surface area (Å²) in [6.45, 7) is 7.57. The Balaban J connectivity index is 1.86. The van der Waals surface area contributed by atoms with Gasteiger partial charge in [0.1, 0.15) is 0 Å². The molecule has 3 aromatic carbocycles. The van der Waals surface area contributed by atoms with E-state index in [-0.39, 0.29) is 16.8 Å². The molecule has 0 radical (unpaired) electrons. The Bertz CT molecular complexity index is 1190. The Morgan fingerprint density at radius 2 is 1.58 bits per heavy atom. The number of aryl methyl sites for hydroxylation is 3. The van der Waals surface area contributed by atoms with E-state index in [0.717, 1.165) is 23.1 Å². The first-order valence-electron chi connectivity index (χ1n) is 10.3. The summed E-state index contributed by atoms with van der Waals surface area (Å²) in [5.41, 5.74) is 4.38. The van der Waals surface area contributed by atoms with Crippen LogP contribution < -0.4 is 10.0 Å². The fourth-order valence-corrected chi connectivity index (χ4v) is 4.78. The number of para-hydroxylation sites is 1. The number of carbonyl (C=O) groups is 1. The minimum atomic E-state index is -3.84. The molecule has 0 saturated heterocycles. The minimum absolute atomic E-state index is 0.0896. The molecule has 6 heteroatoms. The Morgan fingerprint density at radius 1 is 0.903 bits per heavy atom. The average molecular weight is 437 g/mol. The van der Waals surface area contributed by atoms with E-state index in [1.165, 1.54) is 6.07 Å². The van der Waals surface area contributed by atoms with Gasteiger partial charge in [-0.25, -0.2) is 8.42 Å². The first-order valence-corrected chi connectivity index (χ1v) is 11.8. The zero-order valence-electron chi connectivity index (χ0n) is 18.3. The third kappa shape index (κ3) is 5.33. The van der Waals surface area contributed by atoms with Crippen molar-refractivity contribution in [2.75, 3.05) is 4.72 Å². The van der Waals surface area contributed by atoms with E-state index in [9.17, 15) is 13.2 Å². The van der Waals surface area contributed by atoms with E-state index in [0.29, 0.717) is 16.8 Å². The van der Waals surface area contributed by atoms with Gasteiger partial charge in [0.2, 0.25) is 0 Å². The van der Waals surface area contributed by atoms with Gasteiger partial charge in [-0.15, -0.1) is 0 Å². The summed E-state index contributed by atoms with van der Waals surface area (Å²) in [5.74, 6) is -0.306. The first kappa shape index (κ1) is 22.6.